The SMILES string of the molecule is Nc1nsc(NCCCn2ccnn2)c1-c1cccnc1. The second kappa shape index (κ2) is 6.31. The first kappa shape index (κ1) is 13.5. The van der Waals surface area contributed by atoms with Crippen LogP contribution in [0.2, 0.25) is 0 Å². The van der Waals surface area contributed by atoms with Crippen molar-refractivity contribution in [3.8, 4) is 11.1 Å². The molecule has 3 N–H and O–H groups in total. The maximum absolute atomic E-state index is 5.96. The van der Waals surface area contributed by atoms with Crippen LogP contribution >= 0.6 is 11.5 Å². The van der Waals surface area contributed by atoms with E-state index in [1.54, 1.807) is 18.6 Å². The smallest absolute Gasteiger partial charge is 0.147 e. The van der Waals surface area contributed by atoms with Gasteiger partial charge >= 0.3 is 0 Å². The number of pyridine rings is 1. The second-order valence-corrected chi connectivity index (χ2v) is 5.23. The molecule has 0 aliphatic heterocycles. The number of aryl methyl sites for hydroxylation is 1. The molecule has 0 amide bonds. The van der Waals surface area contributed by atoms with Gasteiger partial charge in [-0.15, -0.1) is 5.10 Å². The van der Waals surface area contributed by atoms with Gasteiger partial charge in [-0.1, -0.05) is 11.3 Å². The molecule has 0 bridgehead atoms. The average Bonchev–Trinajstić information content (AvgIpc) is 3.14. The minimum Gasteiger partial charge on any atom is -0.382 e. The van der Waals surface area contributed by atoms with Crippen LogP contribution in [-0.2, 0) is 6.54 Å². The molecule has 0 radical (unpaired) electrons. The van der Waals surface area contributed by atoms with Crippen LogP contribution in [-0.4, -0.2) is 30.9 Å². The lowest BCUT2D eigenvalue weighted by Gasteiger charge is -2.07. The molecule has 8 heteroatoms. The molecular weight excluding hydrogens is 286 g/mol. The molecule has 21 heavy (non-hydrogen) atoms. The predicted octanol–water partition coefficient (Wildman–Crippen LogP) is 1.88. The molecule has 0 aliphatic rings. The number of rotatable bonds is 6. The Morgan fingerprint density at radius 3 is 3.05 bits per heavy atom. The van der Waals surface area contributed by atoms with Crippen LogP contribution in [0.3, 0.4) is 0 Å². The number of aromatic nitrogens is 5. The maximum atomic E-state index is 5.96. The standard InChI is InChI=1S/C13H15N7S/c14-12-11(10-3-1-4-15-9-10)13(21-18-12)16-5-2-7-20-8-6-17-19-20/h1,3-4,6,8-9,16H,2,5,7H2,(H2,14,18). The van der Waals surface area contributed by atoms with Gasteiger partial charge in [-0.05, 0) is 24.0 Å². The summed E-state index contributed by atoms with van der Waals surface area (Å²) in [5.41, 5.74) is 7.86. The molecule has 3 aromatic heterocycles. The van der Waals surface area contributed by atoms with Crippen LogP contribution in [0.5, 0.6) is 0 Å². The van der Waals surface area contributed by atoms with E-state index in [1.165, 1.54) is 11.5 Å². The number of nitrogens with two attached hydrogens (primary N) is 1. The Morgan fingerprint density at radius 2 is 2.29 bits per heavy atom. The van der Waals surface area contributed by atoms with E-state index in [1.807, 2.05) is 23.0 Å². The van der Waals surface area contributed by atoms with Crippen LogP contribution in [0.1, 0.15) is 6.42 Å². The van der Waals surface area contributed by atoms with Crippen molar-refractivity contribution in [3.63, 3.8) is 0 Å². The minimum atomic E-state index is 0.534. The Kier molecular flexibility index (Phi) is 4.06. The Hall–Kier alpha value is -2.48. The molecule has 0 atom stereocenters. The van der Waals surface area contributed by atoms with Gasteiger partial charge in [0.15, 0.2) is 0 Å². The minimum absolute atomic E-state index is 0.534. The lowest BCUT2D eigenvalue weighted by molar-refractivity contribution is 0.570. The molecule has 3 aromatic rings. The van der Waals surface area contributed by atoms with Crippen LogP contribution in [0.4, 0.5) is 10.8 Å². The van der Waals surface area contributed by atoms with Gasteiger partial charge in [0.05, 0.1) is 11.8 Å². The van der Waals surface area contributed by atoms with Crippen molar-refractivity contribution in [2.24, 2.45) is 0 Å². The van der Waals surface area contributed by atoms with E-state index >= 15 is 0 Å². The van der Waals surface area contributed by atoms with Crippen molar-refractivity contribution in [2.45, 2.75) is 13.0 Å². The summed E-state index contributed by atoms with van der Waals surface area (Å²) in [4.78, 5) is 4.13. The number of nitrogen functional groups attached to an aromatic ring is 1. The third kappa shape index (κ3) is 3.16. The van der Waals surface area contributed by atoms with Gasteiger partial charge in [-0.2, -0.15) is 4.37 Å². The molecule has 3 heterocycles. The van der Waals surface area contributed by atoms with E-state index in [0.29, 0.717) is 5.82 Å². The highest BCUT2D eigenvalue weighted by atomic mass is 32.1. The number of anilines is 2. The maximum Gasteiger partial charge on any atom is 0.147 e. The van der Waals surface area contributed by atoms with Crippen molar-refractivity contribution >= 4 is 22.4 Å². The van der Waals surface area contributed by atoms with Crippen molar-refractivity contribution in [2.75, 3.05) is 17.6 Å². The highest BCUT2D eigenvalue weighted by Gasteiger charge is 2.13. The molecule has 0 saturated heterocycles. The highest BCUT2D eigenvalue weighted by Crippen LogP contribution is 2.36. The summed E-state index contributed by atoms with van der Waals surface area (Å²) in [6.45, 7) is 1.64. The Morgan fingerprint density at radius 1 is 1.33 bits per heavy atom. The summed E-state index contributed by atoms with van der Waals surface area (Å²) in [5.74, 6) is 0.534. The fourth-order valence-corrected chi connectivity index (χ4v) is 2.77. The second-order valence-electron chi connectivity index (χ2n) is 4.46. The van der Waals surface area contributed by atoms with Crippen LogP contribution < -0.4 is 11.1 Å². The first-order chi connectivity index (χ1) is 10.3. The topological polar surface area (TPSA) is 94.5 Å². The number of hydrogen-bond acceptors (Lipinski definition) is 7. The van der Waals surface area contributed by atoms with Crippen LogP contribution in [0.15, 0.2) is 36.9 Å². The summed E-state index contributed by atoms with van der Waals surface area (Å²) in [6.07, 6.45) is 8.00. The van der Waals surface area contributed by atoms with Gasteiger partial charge in [-0.25, -0.2) is 0 Å². The molecule has 108 valence electrons. The van der Waals surface area contributed by atoms with Gasteiger partial charge in [0.2, 0.25) is 0 Å². The molecule has 7 nitrogen and oxygen atoms in total. The summed E-state index contributed by atoms with van der Waals surface area (Å²) in [7, 11) is 0. The van der Waals surface area contributed by atoms with Gasteiger partial charge in [0, 0.05) is 37.2 Å². The zero-order valence-corrected chi connectivity index (χ0v) is 12.1. The van der Waals surface area contributed by atoms with Gasteiger partial charge in [-0.3, -0.25) is 9.67 Å². The highest BCUT2D eigenvalue weighted by molar-refractivity contribution is 7.11. The molecule has 0 aromatic carbocycles. The molecule has 0 fully saturated rings. The summed E-state index contributed by atoms with van der Waals surface area (Å²) < 4.78 is 6.03. The van der Waals surface area contributed by atoms with Crippen molar-refractivity contribution in [1.29, 1.82) is 0 Å². The van der Waals surface area contributed by atoms with Gasteiger partial charge in [0.1, 0.15) is 10.8 Å². The lowest BCUT2D eigenvalue weighted by Crippen LogP contribution is -2.07. The van der Waals surface area contributed by atoms with E-state index in [0.717, 1.165) is 35.6 Å². The van der Waals surface area contributed by atoms with Crippen molar-refractivity contribution in [1.82, 2.24) is 24.4 Å². The molecule has 0 unspecified atom stereocenters. The van der Waals surface area contributed by atoms with E-state index in [-0.39, 0.29) is 0 Å². The zero-order chi connectivity index (χ0) is 14.5. The van der Waals surface area contributed by atoms with Gasteiger partial charge in [0.25, 0.3) is 0 Å². The first-order valence-corrected chi connectivity index (χ1v) is 7.35. The Labute approximate surface area is 126 Å². The van der Waals surface area contributed by atoms with E-state index in [9.17, 15) is 0 Å². The summed E-state index contributed by atoms with van der Waals surface area (Å²) in [6, 6.07) is 3.87. The van der Waals surface area contributed by atoms with E-state index < -0.39 is 0 Å². The largest absolute Gasteiger partial charge is 0.382 e. The van der Waals surface area contributed by atoms with Crippen molar-refractivity contribution in [3.05, 3.63) is 36.9 Å². The average molecular weight is 301 g/mol. The lowest BCUT2D eigenvalue weighted by atomic mass is 10.1. The third-order valence-corrected chi connectivity index (χ3v) is 3.81. The first-order valence-electron chi connectivity index (χ1n) is 6.58. The molecule has 0 saturated carbocycles. The number of nitrogens with one attached hydrogen (secondary N) is 1. The fourth-order valence-electron chi connectivity index (χ4n) is 2.01. The van der Waals surface area contributed by atoms with E-state index in [2.05, 4.69) is 25.0 Å². The third-order valence-electron chi connectivity index (χ3n) is 2.99. The van der Waals surface area contributed by atoms with Crippen LogP contribution in [0, 0.1) is 0 Å². The summed E-state index contributed by atoms with van der Waals surface area (Å²) >= 11 is 1.37. The Balaban J connectivity index is 1.64. The molecule has 0 aliphatic carbocycles. The molecular formula is C13H15N7S. The number of hydrogen-bond donors (Lipinski definition) is 2. The predicted molar refractivity (Wildman–Crippen MR) is 82.9 cm³/mol. The summed E-state index contributed by atoms with van der Waals surface area (Å²) in [5, 5.41) is 12.1. The molecule has 3 rings (SSSR count). The van der Waals surface area contributed by atoms with Gasteiger partial charge < -0.3 is 11.1 Å². The van der Waals surface area contributed by atoms with Crippen molar-refractivity contribution < 1.29 is 0 Å². The van der Waals surface area contributed by atoms with Crippen LogP contribution in [0.25, 0.3) is 11.1 Å². The molecule has 0 spiro atoms. The fraction of sp³-hybridized carbons (Fsp3) is 0.231. The number of nitrogens with zero attached hydrogens (tertiary/aromatic N) is 5. The normalized spacial score (nSPS) is 10.7. The Bertz CT molecular complexity index is 678. The zero-order valence-electron chi connectivity index (χ0n) is 11.3. The quantitative estimate of drug-likeness (QED) is 0.675. The monoisotopic (exact) mass is 301 g/mol. The van der Waals surface area contributed by atoms with E-state index in [4.69, 9.17) is 5.73 Å².